The molecule has 0 aliphatic carbocycles. The molecule has 2 saturated heterocycles. The van der Waals surface area contributed by atoms with Crippen molar-refractivity contribution >= 4 is 70.9 Å². The first kappa shape index (κ1) is 62.9. The van der Waals surface area contributed by atoms with Crippen molar-refractivity contribution in [3.8, 4) is 5.75 Å². The Hall–Kier alpha value is -7.38. The number of carboxylic acid groups (broad SMARTS) is 1. The van der Waals surface area contributed by atoms with E-state index < -0.39 is 157 Å². The van der Waals surface area contributed by atoms with Gasteiger partial charge in [0, 0.05) is 19.4 Å². The summed E-state index contributed by atoms with van der Waals surface area (Å²) in [6.07, 6.45) is 2.07. The van der Waals surface area contributed by atoms with Gasteiger partial charge in [0.15, 0.2) is 0 Å². The van der Waals surface area contributed by atoms with Crippen molar-refractivity contribution in [2.24, 2.45) is 23.1 Å². The van der Waals surface area contributed by atoms with Gasteiger partial charge in [-0.1, -0.05) is 83.8 Å². The minimum Gasteiger partial charge on any atom is -0.508 e. The van der Waals surface area contributed by atoms with Gasteiger partial charge in [-0.2, -0.15) is 0 Å². The summed E-state index contributed by atoms with van der Waals surface area (Å²) in [6.45, 7) is 5.35. The molecule has 2 aliphatic heterocycles. The first-order valence-corrected chi connectivity index (χ1v) is 25.8. The highest BCUT2D eigenvalue weighted by Crippen LogP contribution is 2.21. The van der Waals surface area contributed by atoms with Gasteiger partial charge in [0.2, 0.25) is 65.0 Å². The van der Waals surface area contributed by atoms with Crippen molar-refractivity contribution in [2.75, 3.05) is 6.54 Å². The molecule has 0 radical (unpaired) electrons. The maximum atomic E-state index is 14.3. The van der Waals surface area contributed by atoms with Gasteiger partial charge in [0.05, 0.1) is 25.4 Å². The molecule has 26 nitrogen and oxygen atoms in total. The third kappa shape index (κ3) is 21.8. The number of unbranched alkanes of at least 4 members (excludes halogenated alkanes) is 7. The lowest BCUT2D eigenvalue weighted by molar-refractivity contribution is -0.144. The van der Waals surface area contributed by atoms with E-state index in [1.165, 1.54) is 24.3 Å². The number of phenolic OH excluding ortho intramolecular Hbond substituents is 1. The highest BCUT2D eigenvalue weighted by Gasteiger charge is 2.41. The van der Waals surface area contributed by atoms with Gasteiger partial charge in [0.1, 0.15) is 54.1 Å². The summed E-state index contributed by atoms with van der Waals surface area (Å²) in [4.78, 5) is 163. The minimum atomic E-state index is -1.90. The van der Waals surface area contributed by atoms with Gasteiger partial charge < -0.3 is 74.6 Å². The van der Waals surface area contributed by atoms with E-state index in [9.17, 15) is 72.9 Å². The Balaban J connectivity index is 2.15. The number of hydrogen-bond donors (Lipinski definition) is 13. The second-order valence-corrected chi connectivity index (χ2v) is 19.9. The molecule has 11 amide bonds. The average Bonchev–Trinajstić information content (AvgIpc) is 3.83. The molecular formula is C50H77N11O15. The fraction of sp³-hybridized carbons (Fsp3) is 0.640. The number of aromatic hydroxyl groups is 1. The summed E-state index contributed by atoms with van der Waals surface area (Å²) in [6, 6.07) is -8.42. The number of nitrogens with zero attached hydrogens (tertiary/aromatic N) is 1. The lowest BCUT2D eigenvalue weighted by Gasteiger charge is -2.31. The molecule has 0 bridgehead atoms. The molecule has 1 aromatic rings. The standard InChI is InChI=1S/C50H77N11O15/c1-27(2)13-10-8-6-4-5-7-9-11-14-31-43(69)57-35(25-39(52)65)46(72)56-33(23-29-16-18-30(63)19-17-29)44(70)58-34(24-38(51)64)45(71)55-32(20-21-41(67)68)50(76)61-22-12-15-37(61)48(74)59-36(26-40(53)66)47(73)60-42(28(3)62)49(75)54-31/h16-19,27-28,31-37,42,62-63H,4-15,20-26H2,1-3H3,(H2,51,64)(H2,52,65)(H2,53,66)(H,54,75)(H,55,71)(H,56,72)(H,57,69)(H,58,70)(H,59,74)(H,60,73)(H,67,68). The van der Waals surface area contributed by atoms with E-state index in [0.717, 1.165) is 56.8 Å². The molecule has 422 valence electrons. The number of fused-ring (bicyclic) bond motifs is 1. The number of rotatable bonds is 23. The summed E-state index contributed by atoms with van der Waals surface area (Å²) in [7, 11) is 0. The number of carboxylic acids is 1. The first-order chi connectivity index (χ1) is 35.9. The smallest absolute Gasteiger partial charge is 0.303 e. The number of aliphatic hydroxyl groups excluding tert-OH is 1. The normalized spacial score (nSPS) is 24.1. The third-order valence-corrected chi connectivity index (χ3v) is 12.9. The highest BCUT2D eigenvalue weighted by atomic mass is 16.4. The Labute approximate surface area is 440 Å². The van der Waals surface area contributed by atoms with Crippen LogP contribution in [0.2, 0.25) is 0 Å². The van der Waals surface area contributed by atoms with E-state index >= 15 is 0 Å². The van der Waals surface area contributed by atoms with Crippen LogP contribution in [0.4, 0.5) is 0 Å². The van der Waals surface area contributed by atoms with Crippen LogP contribution in [0.3, 0.4) is 0 Å². The van der Waals surface area contributed by atoms with Crippen LogP contribution in [-0.2, 0) is 64.0 Å². The summed E-state index contributed by atoms with van der Waals surface area (Å²) in [5.41, 5.74) is 16.8. The van der Waals surface area contributed by atoms with E-state index in [2.05, 4.69) is 51.1 Å². The minimum absolute atomic E-state index is 0.0303. The van der Waals surface area contributed by atoms with Crippen molar-refractivity contribution in [3.63, 3.8) is 0 Å². The monoisotopic (exact) mass is 1070 g/mol. The number of phenols is 1. The van der Waals surface area contributed by atoms with Crippen LogP contribution in [0.15, 0.2) is 24.3 Å². The highest BCUT2D eigenvalue weighted by molar-refractivity contribution is 6.01. The Morgan fingerprint density at radius 3 is 1.50 bits per heavy atom. The van der Waals surface area contributed by atoms with E-state index in [1.54, 1.807) is 0 Å². The molecule has 0 spiro atoms. The predicted octanol–water partition coefficient (Wildman–Crippen LogP) is -2.24. The van der Waals surface area contributed by atoms with Crippen molar-refractivity contribution in [3.05, 3.63) is 29.8 Å². The predicted molar refractivity (Wildman–Crippen MR) is 271 cm³/mol. The van der Waals surface area contributed by atoms with Gasteiger partial charge in [0.25, 0.3) is 0 Å². The number of amides is 11. The number of primary amides is 3. The lowest BCUT2D eigenvalue weighted by Crippen LogP contribution is -2.63. The molecule has 3 rings (SSSR count). The molecule has 0 aromatic heterocycles. The number of hydrogen-bond acceptors (Lipinski definition) is 14. The van der Waals surface area contributed by atoms with Crippen molar-refractivity contribution in [1.29, 1.82) is 0 Å². The van der Waals surface area contributed by atoms with Crippen LogP contribution in [0.1, 0.15) is 135 Å². The molecule has 2 aliphatic rings. The Morgan fingerprint density at radius 2 is 1.00 bits per heavy atom. The Morgan fingerprint density at radius 1 is 0.566 bits per heavy atom. The van der Waals surface area contributed by atoms with E-state index in [-0.39, 0.29) is 38.0 Å². The topological polar surface area (TPSA) is 431 Å². The van der Waals surface area contributed by atoms with E-state index in [0.29, 0.717) is 24.3 Å². The van der Waals surface area contributed by atoms with Gasteiger partial charge in [-0.05, 0) is 56.2 Å². The van der Waals surface area contributed by atoms with Crippen LogP contribution < -0.4 is 54.4 Å². The molecule has 2 fully saturated rings. The van der Waals surface area contributed by atoms with Gasteiger partial charge in [-0.3, -0.25) is 57.5 Å². The number of aliphatic hydroxyl groups is 1. The zero-order valence-corrected chi connectivity index (χ0v) is 43.4. The van der Waals surface area contributed by atoms with Crippen molar-refractivity contribution < 1.29 is 72.9 Å². The van der Waals surface area contributed by atoms with Crippen LogP contribution in [0.25, 0.3) is 0 Å². The van der Waals surface area contributed by atoms with Gasteiger partial charge in [-0.15, -0.1) is 0 Å². The molecule has 2 heterocycles. The Kier molecular flexibility index (Phi) is 26.1. The van der Waals surface area contributed by atoms with Crippen LogP contribution in [-0.4, -0.2) is 152 Å². The summed E-state index contributed by atoms with van der Waals surface area (Å²) in [5, 5.41) is 47.0. The molecule has 9 unspecified atom stereocenters. The molecule has 16 N–H and O–H groups in total. The number of carbonyl (C=O) groups excluding carboxylic acids is 11. The average molecular weight is 1070 g/mol. The van der Waals surface area contributed by atoms with Crippen molar-refractivity contribution in [1.82, 2.24) is 42.1 Å². The summed E-state index contributed by atoms with van der Waals surface area (Å²) >= 11 is 0. The number of carbonyl (C=O) groups is 12. The van der Waals surface area contributed by atoms with Crippen LogP contribution in [0, 0.1) is 5.92 Å². The van der Waals surface area contributed by atoms with E-state index in [1.807, 2.05) is 0 Å². The largest absolute Gasteiger partial charge is 0.508 e. The summed E-state index contributed by atoms with van der Waals surface area (Å²) in [5.74, 6) is -13.2. The third-order valence-electron chi connectivity index (χ3n) is 12.9. The molecular weight excluding hydrogens is 995 g/mol. The molecule has 76 heavy (non-hydrogen) atoms. The number of nitrogens with two attached hydrogens (primary N) is 3. The maximum Gasteiger partial charge on any atom is 0.303 e. The van der Waals surface area contributed by atoms with E-state index in [4.69, 9.17) is 17.2 Å². The van der Waals surface area contributed by atoms with Crippen LogP contribution >= 0.6 is 0 Å². The second kappa shape index (κ2) is 31.5. The first-order valence-electron chi connectivity index (χ1n) is 25.8. The molecule has 9 atom stereocenters. The molecule has 1 aromatic carbocycles. The zero-order valence-electron chi connectivity index (χ0n) is 43.4. The summed E-state index contributed by atoms with van der Waals surface area (Å²) < 4.78 is 0. The number of benzene rings is 1. The number of nitrogens with one attached hydrogen (secondary N) is 7. The van der Waals surface area contributed by atoms with Crippen LogP contribution in [0.5, 0.6) is 5.75 Å². The van der Waals surface area contributed by atoms with Crippen molar-refractivity contribution in [2.45, 2.75) is 191 Å². The second-order valence-electron chi connectivity index (χ2n) is 19.9. The fourth-order valence-corrected chi connectivity index (χ4v) is 8.85. The lowest BCUT2D eigenvalue weighted by atomic mass is 10.0. The Bertz CT molecular complexity index is 2230. The van der Waals surface area contributed by atoms with Gasteiger partial charge >= 0.3 is 5.97 Å². The number of aliphatic carboxylic acids is 1. The SMILES string of the molecule is CC(C)CCCCCCCCCCC1NC(=O)C(C(C)O)NC(=O)C(CC(N)=O)NC(=O)C2CCCN2C(=O)C(CCC(=O)O)NC(=O)C(CC(N)=O)NC(=O)C(Cc2ccc(O)cc2)NC(=O)C(CC(N)=O)NC1=O. The zero-order chi connectivity index (χ0) is 56.6. The molecule has 0 saturated carbocycles. The fourth-order valence-electron chi connectivity index (χ4n) is 8.85. The molecule has 26 heteroatoms. The quantitative estimate of drug-likeness (QED) is 0.0516. The van der Waals surface area contributed by atoms with Gasteiger partial charge in [-0.25, -0.2) is 0 Å². The maximum absolute atomic E-state index is 14.3.